The molecule has 5 nitrogen and oxygen atoms in total. The molecular formula is C15H20BrN5. The van der Waals surface area contributed by atoms with E-state index in [9.17, 15) is 0 Å². The van der Waals surface area contributed by atoms with Crippen LogP contribution in [0.1, 0.15) is 18.9 Å². The molecule has 0 amide bonds. The zero-order chi connectivity index (χ0) is 15.0. The van der Waals surface area contributed by atoms with E-state index in [0.29, 0.717) is 5.92 Å². The van der Waals surface area contributed by atoms with Crippen LogP contribution in [-0.4, -0.2) is 34.3 Å². The number of hydrogen-bond donors (Lipinski definition) is 2. The summed E-state index contributed by atoms with van der Waals surface area (Å²) < 4.78 is 1.07. The van der Waals surface area contributed by atoms with Crippen LogP contribution in [-0.2, 0) is 0 Å². The first-order valence-electron chi connectivity index (χ1n) is 7.24. The van der Waals surface area contributed by atoms with E-state index in [1.165, 1.54) is 0 Å². The molecule has 112 valence electrons. The van der Waals surface area contributed by atoms with Gasteiger partial charge in [0.1, 0.15) is 0 Å². The second-order valence-electron chi connectivity index (χ2n) is 5.82. The predicted molar refractivity (Wildman–Crippen MR) is 88.2 cm³/mol. The number of halogens is 1. The number of nitrogens with one attached hydrogen (secondary N) is 1. The Hall–Kier alpha value is -1.40. The van der Waals surface area contributed by atoms with Crippen LogP contribution in [0.15, 0.2) is 22.7 Å². The molecule has 1 saturated heterocycles. The molecule has 2 atom stereocenters. The maximum atomic E-state index is 6.15. The van der Waals surface area contributed by atoms with Gasteiger partial charge in [0.05, 0.1) is 0 Å². The minimum absolute atomic E-state index is 0.190. The van der Waals surface area contributed by atoms with Gasteiger partial charge >= 0.3 is 0 Å². The van der Waals surface area contributed by atoms with Crippen molar-refractivity contribution in [3.63, 3.8) is 0 Å². The quantitative estimate of drug-likeness (QED) is 0.874. The minimum Gasteiger partial charge on any atom is -0.338 e. The predicted octanol–water partition coefficient (Wildman–Crippen LogP) is 2.72. The first kappa shape index (κ1) is 14.5. The van der Waals surface area contributed by atoms with E-state index in [0.717, 1.165) is 46.9 Å². The highest BCUT2D eigenvalue weighted by atomic mass is 79.9. The normalized spacial score (nSPS) is 22.6. The van der Waals surface area contributed by atoms with E-state index in [4.69, 9.17) is 5.73 Å². The molecule has 2 heterocycles. The summed E-state index contributed by atoms with van der Waals surface area (Å²) in [6.07, 6.45) is 1.09. The van der Waals surface area contributed by atoms with Crippen molar-refractivity contribution in [3.8, 4) is 11.4 Å². The van der Waals surface area contributed by atoms with Crippen molar-refractivity contribution in [2.45, 2.75) is 26.3 Å². The average molecular weight is 350 g/mol. The largest absolute Gasteiger partial charge is 0.338 e. The highest BCUT2D eigenvalue weighted by Crippen LogP contribution is 2.26. The monoisotopic (exact) mass is 349 g/mol. The fraction of sp³-hybridized carbons (Fsp3) is 0.467. The van der Waals surface area contributed by atoms with E-state index in [1.807, 2.05) is 12.1 Å². The molecule has 21 heavy (non-hydrogen) atoms. The van der Waals surface area contributed by atoms with Crippen LogP contribution in [0.4, 0.5) is 5.95 Å². The van der Waals surface area contributed by atoms with Gasteiger partial charge in [-0.3, -0.25) is 5.10 Å². The molecule has 0 spiro atoms. The van der Waals surface area contributed by atoms with E-state index in [2.05, 4.69) is 55.9 Å². The Morgan fingerprint density at radius 2 is 2.24 bits per heavy atom. The lowest BCUT2D eigenvalue weighted by atomic mass is 9.95. The second-order valence-corrected chi connectivity index (χ2v) is 6.73. The van der Waals surface area contributed by atoms with Crippen LogP contribution in [0, 0.1) is 12.8 Å². The maximum Gasteiger partial charge on any atom is 0.245 e. The van der Waals surface area contributed by atoms with Gasteiger partial charge in [0, 0.05) is 29.2 Å². The van der Waals surface area contributed by atoms with Crippen LogP contribution in [0.25, 0.3) is 11.4 Å². The Kier molecular flexibility index (Phi) is 3.99. The molecule has 6 heteroatoms. The Morgan fingerprint density at radius 3 is 2.95 bits per heavy atom. The number of aromatic nitrogens is 3. The van der Waals surface area contributed by atoms with Gasteiger partial charge in [-0.15, -0.1) is 5.10 Å². The number of nitrogens with two attached hydrogens (primary N) is 1. The second kappa shape index (κ2) is 5.77. The summed E-state index contributed by atoms with van der Waals surface area (Å²) in [5, 5.41) is 7.41. The maximum absolute atomic E-state index is 6.15. The number of anilines is 1. The van der Waals surface area contributed by atoms with Gasteiger partial charge in [0.2, 0.25) is 5.95 Å². The van der Waals surface area contributed by atoms with Crippen LogP contribution in [0.5, 0.6) is 0 Å². The molecule has 1 aliphatic heterocycles. The van der Waals surface area contributed by atoms with Crippen LogP contribution < -0.4 is 10.6 Å². The lowest BCUT2D eigenvalue weighted by Gasteiger charge is -2.34. The van der Waals surface area contributed by atoms with Gasteiger partial charge in [-0.25, -0.2) is 0 Å². The molecule has 3 rings (SSSR count). The lowest BCUT2D eigenvalue weighted by Crippen LogP contribution is -2.48. The van der Waals surface area contributed by atoms with Crippen molar-refractivity contribution in [2.75, 3.05) is 18.0 Å². The molecule has 2 unspecified atom stereocenters. The summed E-state index contributed by atoms with van der Waals surface area (Å²) in [4.78, 5) is 6.81. The number of nitrogens with zero attached hydrogens (tertiary/aromatic N) is 3. The molecule has 1 aliphatic rings. The number of rotatable bonds is 2. The van der Waals surface area contributed by atoms with Gasteiger partial charge in [-0.05, 0) is 43.0 Å². The molecule has 0 saturated carbocycles. The fourth-order valence-electron chi connectivity index (χ4n) is 2.69. The van der Waals surface area contributed by atoms with E-state index in [-0.39, 0.29) is 6.04 Å². The smallest absolute Gasteiger partial charge is 0.245 e. The van der Waals surface area contributed by atoms with Gasteiger partial charge in [0.15, 0.2) is 5.82 Å². The summed E-state index contributed by atoms with van der Waals surface area (Å²) in [6.45, 7) is 6.06. The molecule has 1 aromatic carbocycles. The molecular weight excluding hydrogens is 330 g/mol. The fourth-order valence-corrected chi connectivity index (χ4v) is 3.16. The summed E-state index contributed by atoms with van der Waals surface area (Å²) >= 11 is 3.48. The van der Waals surface area contributed by atoms with Crippen molar-refractivity contribution >= 4 is 21.9 Å². The number of piperidine rings is 1. The molecule has 3 N–H and O–H groups in total. The molecule has 1 fully saturated rings. The Morgan fingerprint density at radius 1 is 1.43 bits per heavy atom. The summed E-state index contributed by atoms with van der Waals surface area (Å²) in [7, 11) is 0. The number of H-pyrrole nitrogens is 1. The van der Waals surface area contributed by atoms with Gasteiger partial charge in [-0.2, -0.15) is 4.98 Å². The third kappa shape index (κ3) is 2.96. The third-order valence-corrected chi connectivity index (χ3v) is 4.71. The summed E-state index contributed by atoms with van der Waals surface area (Å²) in [6, 6.07) is 6.34. The van der Waals surface area contributed by atoms with Crippen molar-refractivity contribution in [1.82, 2.24) is 15.2 Å². The highest BCUT2D eigenvalue weighted by Gasteiger charge is 2.25. The summed E-state index contributed by atoms with van der Waals surface area (Å²) in [5.74, 6) is 2.12. The van der Waals surface area contributed by atoms with Gasteiger partial charge in [-0.1, -0.05) is 22.9 Å². The van der Waals surface area contributed by atoms with E-state index < -0.39 is 0 Å². The zero-order valence-corrected chi connectivity index (χ0v) is 13.9. The Bertz CT molecular complexity index is 639. The molecule has 2 aromatic rings. The number of benzene rings is 1. The Labute approximate surface area is 133 Å². The van der Waals surface area contributed by atoms with Gasteiger partial charge < -0.3 is 10.6 Å². The standard InChI is InChI=1S/C15H20BrN5/c1-9-5-6-21(8-13(9)17)15-18-14(19-20-15)12-4-3-11(16)7-10(12)2/h3-4,7,9,13H,5-6,8,17H2,1-2H3,(H,18,19,20). The van der Waals surface area contributed by atoms with Gasteiger partial charge in [0.25, 0.3) is 0 Å². The molecule has 0 aliphatic carbocycles. The van der Waals surface area contributed by atoms with Crippen molar-refractivity contribution < 1.29 is 0 Å². The molecule has 0 bridgehead atoms. The van der Waals surface area contributed by atoms with E-state index in [1.54, 1.807) is 0 Å². The first-order valence-corrected chi connectivity index (χ1v) is 8.03. The Balaban J connectivity index is 1.83. The van der Waals surface area contributed by atoms with Crippen molar-refractivity contribution in [2.24, 2.45) is 11.7 Å². The highest BCUT2D eigenvalue weighted by molar-refractivity contribution is 9.10. The SMILES string of the molecule is Cc1cc(Br)ccc1-c1nc(N2CCC(C)C(N)C2)n[nH]1. The topological polar surface area (TPSA) is 70.8 Å². The number of aromatic amines is 1. The molecule has 1 aromatic heterocycles. The van der Waals surface area contributed by atoms with Crippen molar-refractivity contribution in [3.05, 3.63) is 28.2 Å². The van der Waals surface area contributed by atoms with Crippen LogP contribution in [0.3, 0.4) is 0 Å². The minimum atomic E-state index is 0.190. The zero-order valence-electron chi connectivity index (χ0n) is 12.3. The van der Waals surface area contributed by atoms with Crippen LogP contribution in [0.2, 0.25) is 0 Å². The number of hydrogen-bond acceptors (Lipinski definition) is 4. The van der Waals surface area contributed by atoms with Crippen LogP contribution >= 0.6 is 15.9 Å². The first-order chi connectivity index (χ1) is 10.0. The third-order valence-electron chi connectivity index (χ3n) is 4.22. The average Bonchev–Trinajstić information content (AvgIpc) is 2.91. The molecule has 0 radical (unpaired) electrons. The summed E-state index contributed by atoms with van der Waals surface area (Å²) in [5.41, 5.74) is 8.39. The van der Waals surface area contributed by atoms with E-state index >= 15 is 0 Å². The van der Waals surface area contributed by atoms with Crippen molar-refractivity contribution in [1.29, 1.82) is 0 Å². The number of aryl methyl sites for hydroxylation is 1. The lowest BCUT2D eigenvalue weighted by molar-refractivity contribution is 0.376.